The molecule has 3 heterocycles. The molecule has 0 spiro atoms. The van der Waals surface area contributed by atoms with Crippen LogP contribution in [0.5, 0.6) is 5.75 Å². The quantitative estimate of drug-likeness (QED) is 0.397. The molecule has 0 bridgehead atoms. The molecule has 0 radical (unpaired) electrons. The lowest BCUT2D eigenvalue weighted by molar-refractivity contribution is 0.0958. The summed E-state index contributed by atoms with van der Waals surface area (Å²) in [7, 11) is 1.63. The van der Waals surface area contributed by atoms with Crippen LogP contribution in [0.25, 0.3) is 28.0 Å². The molecule has 0 atom stereocenters. The van der Waals surface area contributed by atoms with Crippen molar-refractivity contribution >= 4 is 28.4 Å². The van der Waals surface area contributed by atoms with E-state index in [9.17, 15) is 4.79 Å². The van der Waals surface area contributed by atoms with Gasteiger partial charge >= 0.3 is 0 Å². The fourth-order valence-electron chi connectivity index (χ4n) is 4.68. The zero-order valence-corrected chi connectivity index (χ0v) is 20.6. The van der Waals surface area contributed by atoms with Gasteiger partial charge in [0.25, 0.3) is 5.91 Å². The highest BCUT2D eigenvalue weighted by molar-refractivity contribution is 8.14. The largest absolute Gasteiger partial charge is 0.497 e. The second-order valence-corrected chi connectivity index (χ2v) is 9.62. The highest BCUT2D eigenvalue weighted by Gasteiger charge is 2.33. The van der Waals surface area contributed by atoms with Crippen molar-refractivity contribution in [1.82, 2.24) is 15.1 Å². The summed E-state index contributed by atoms with van der Waals surface area (Å²) in [4.78, 5) is 18.7. The lowest BCUT2D eigenvalue weighted by Crippen LogP contribution is -2.31. The van der Waals surface area contributed by atoms with E-state index in [0.717, 1.165) is 62.6 Å². The Morgan fingerprint density at radius 2 is 1.58 bits per heavy atom. The van der Waals surface area contributed by atoms with Gasteiger partial charge in [-0.05, 0) is 23.3 Å². The molecule has 0 fully saturated rings. The fraction of sp³-hybridized carbons (Fsp3) is 0.138. The van der Waals surface area contributed by atoms with Gasteiger partial charge in [0.15, 0.2) is 5.17 Å². The molecule has 2 aliphatic rings. The highest BCUT2D eigenvalue weighted by Crippen LogP contribution is 2.39. The first-order chi connectivity index (χ1) is 17.7. The number of hydrogen-bond acceptors (Lipinski definition) is 6. The summed E-state index contributed by atoms with van der Waals surface area (Å²) in [5, 5.41) is 9.24. The van der Waals surface area contributed by atoms with Crippen molar-refractivity contribution in [3.8, 4) is 28.1 Å². The van der Waals surface area contributed by atoms with Crippen LogP contribution in [0.15, 0.2) is 95.6 Å². The maximum Gasteiger partial charge on any atom is 0.280 e. The van der Waals surface area contributed by atoms with E-state index in [1.807, 2.05) is 72.8 Å². The molecule has 0 aliphatic carbocycles. The summed E-state index contributed by atoms with van der Waals surface area (Å²) in [6.07, 6.45) is 0.525. The number of nitrogens with one attached hydrogen (secondary N) is 1. The Hall–Kier alpha value is -4.10. The van der Waals surface area contributed by atoms with E-state index in [0.29, 0.717) is 12.0 Å². The van der Waals surface area contributed by atoms with Gasteiger partial charge < -0.3 is 10.1 Å². The van der Waals surface area contributed by atoms with Gasteiger partial charge in [0.1, 0.15) is 11.4 Å². The Bertz CT molecular complexity index is 1490. The second kappa shape index (κ2) is 9.51. The van der Waals surface area contributed by atoms with Crippen molar-refractivity contribution in [2.45, 2.75) is 6.42 Å². The van der Waals surface area contributed by atoms with E-state index in [-0.39, 0.29) is 5.91 Å². The molecule has 3 aromatic carbocycles. The number of ether oxygens (including phenoxy) is 1. The Morgan fingerprint density at radius 1 is 0.889 bits per heavy atom. The van der Waals surface area contributed by atoms with Gasteiger partial charge in [0.05, 0.1) is 24.9 Å². The molecule has 6 nitrogen and oxygen atoms in total. The summed E-state index contributed by atoms with van der Waals surface area (Å²) in [6.45, 7) is 0.775. The van der Waals surface area contributed by atoms with Crippen molar-refractivity contribution in [3.63, 3.8) is 0 Å². The van der Waals surface area contributed by atoms with Crippen molar-refractivity contribution in [2.75, 3.05) is 19.4 Å². The van der Waals surface area contributed by atoms with Crippen LogP contribution in [-0.4, -0.2) is 40.3 Å². The molecule has 36 heavy (non-hydrogen) atoms. The molecule has 1 N–H and O–H groups in total. The summed E-state index contributed by atoms with van der Waals surface area (Å²) < 4.78 is 6.92. The zero-order chi connectivity index (χ0) is 24.5. The third kappa shape index (κ3) is 4.01. The molecule has 7 heteroatoms. The summed E-state index contributed by atoms with van der Waals surface area (Å²) in [5.41, 5.74) is 6.90. The lowest BCUT2D eigenvalue weighted by Gasteiger charge is -2.23. The Balaban J connectivity index is 1.54. The molecule has 0 amide bonds. The van der Waals surface area contributed by atoms with Crippen LogP contribution in [0.4, 0.5) is 0 Å². The van der Waals surface area contributed by atoms with Gasteiger partial charge in [-0.3, -0.25) is 9.79 Å². The topological polar surface area (TPSA) is 68.5 Å². The standard InChI is InChI=1S/C29H24N4O2S/c1-35-22-14-12-20(13-15-22)25-23(31-29-30-16-17-36-29)18-24-26(19-8-4-2-5-9-19)27(32-33(24)28(25)34)21-10-6-3-7-11-21/h2-15H,16-18H2,1H3,(H,30,31). The number of amidine groups is 1. The molecule has 0 saturated heterocycles. The number of aliphatic imine (C=N–C) groups is 1. The van der Waals surface area contributed by atoms with Crippen LogP contribution in [0.3, 0.4) is 0 Å². The summed E-state index contributed by atoms with van der Waals surface area (Å²) >= 11 is 1.68. The average Bonchev–Trinajstić information content (AvgIpc) is 3.58. The van der Waals surface area contributed by atoms with Gasteiger partial charge in [-0.1, -0.05) is 84.6 Å². The van der Waals surface area contributed by atoms with Crippen molar-refractivity contribution < 1.29 is 9.53 Å². The van der Waals surface area contributed by atoms with Crippen molar-refractivity contribution in [3.05, 3.63) is 102 Å². The third-order valence-electron chi connectivity index (χ3n) is 6.36. The number of benzene rings is 3. The van der Waals surface area contributed by atoms with Crippen LogP contribution in [0.1, 0.15) is 16.1 Å². The van der Waals surface area contributed by atoms with Crippen molar-refractivity contribution in [1.29, 1.82) is 0 Å². The van der Waals surface area contributed by atoms with Gasteiger partial charge in [-0.15, -0.1) is 0 Å². The minimum absolute atomic E-state index is 0.160. The fourth-order valence-corrected chi connectivity index (χ4v) is 5.44. The number of fused-ring (bicyclic) bond motifs is 1. The van der Waals surface area contributed by atoms with E-state index in [2.05, 4.69) is 22.4 Å². The molecular formula is C29H24N4O2S. The van der Waals surface area contributed by atoms with E-state index < -0.39 is 0 Å². The molecule has 0 saturated carbocycles. The van der Waals surface area contributed by atoms with E-state index in [1.54, 1.807) is 23.6 Å². The SMILES string of the molecule is COc1ccc(C2=C(NC3=NCCS3)Cc3c(-c4ccccc4)c(-c4ccccc4)nn3C2=O)cc1. The first-order valence-corrected chi connectivity index (χ1v) is 12.8. The predicted molar refractivity (Wildman–Crippen MR) is 145 cm³/mol. The molecule has 2 aliphatic heterocycles. The first kappa shape index (κ1) is 22.4. The Kier molecular flexibility index (Phi) is 5.91. The van der Waals surface area contributed by atoms with Crippen LogP contribution in [-0.2, 0) is 6.42 Å². The number of thioether (sulfide) groups is 1. The number of aromatic nitrogens is 2. The van der Waals surface area contributed by atoms with E-state index in [4.69, 9.17) is 9.84 Å². The molecule has 1 aromatic heterocycles. The Labute approximate surface area is 213 Å². The second-order valence-electron chi connectivity index (χ2n) is 8.54. The van der Waals surface area contributed by atoms with Gasteiger partial charge in [0.2, 0.25) is 0 Å². The van der Waals surface area contributed by atoms with Gasteiger partial charge in [-0.2, -0.15) is 9.78 Å². The number of hydrogen-bond donors (Lipinski definition) is 1. The van der Waals surface area contributed by atoms with E-state index >= 15 is 0 Å². The van der Waals surface area contributed by atoms with Crippen LogP contribution in [0, 0.1) is 0 Å². The first-order valence-electron chi connectivity index (χ1n) is 11.8. The number of rotatable bonds is 5. The average molecular weight is 493 g/mol. The number of carbonyl (C=O) groups excluding carboxylic acids is 1. The molecule has 0 unspecified atom stereocenters. The monoisotopic (exact) mass is 492 g/mol. The number of carbonyl (C=O) groups is 1. The molecular weight excluding hydrogens is 468 g/mol. The number of methoxy groups -OCH3 is 1. The highest BCUT2D eigenvalue weighted by atomic mass is 32.2. The maximum absolute atomic E-state index is 14.1. The van der Waals surface area contributed by atoms with Gasteiger partial charge in [-0.25, -0.2) is 0 Å². The minimum Gasteiger partial charge on any atom is -0.497 e. The molecule has 178 valence electrons. The number of nitrogens with zero attached hydrogens (tertiary/aromatic N) is 3. The minimum atomic E-state index is -0.160. The van der Waals surface area contributed by atoms with E-state index in [1.165, 1.54) is 0 Å². The zero-order valence-electron chi connectivity index (χ0n) is 19.8. The normalized spacial score (nSPS) is 15.0. The molecule has 4 aromatic rings. The maximum atomic E-state index is 14.1. The van der Waals surface area contributed by atoms with Crippen molar-refractivity contribution in [2.24, 2.45) is 4.99 Å². The van der Waals surface area contributed by atoms with Crippen LogP contribution < -0.4 is 10.1 Å². The predicted octanol–water partition coefficient (Wildman–Crippen LogP) is 5.53. The lowest BCUT2D eigenvalue weighted by atomic mass is 9.92. The smallest absolute Gasteiger partial charge is 0.280 e. The molecule has 6 rings (SSSR count). The van der Waals surface area contributed by atoms with Crippen LogP contribution >= 0.6 is 11.8 Å². The Morgan fingerprint density at radius 3 is 2.22 bits per heavy atom. The van der Waals surface area contributed by atoms with Crippen LogP contribution in [0.2, 0.25) is 0 Å². The van der Waals surface area contributed by atoms with Gasteiger partial charge in [0, 0.05) is 29.0 Å². The number of allylic oxidation sites excluding steroid dienone is 2. The third-order valence-corrected chi connectivity index (χ3v) is 7.26. The summed E-state index contributed by atoms with van der Waals surface area (Å²) in [6, 6.07) is 27.8. The summed E-state index contributed by atoms with van der Waals surface area (Å²) in [5.74, 6) is 1.52.